The van der Waals surface area contributed by atoms with Gasteiger partial charge in [-0.1, -0.05) is 170 Å². The van der Waals surface area contributed by atoms with Crippen LogP contribution in [-0.4, -0.2) is 24.1 Å². The fourth-order valence-corrected chi connectivity index (χ4v) is 9.54. The average Bonchev–Trinajstić information content (AvgIpc) is 4.03. The van der Waals surface area contributed by atoms with Crippen molar-refractivity contribution in [2.45, 2.75) is 0 Å². The van der Waals surface area contributed by atoms with Gasteiger partial charge in [-0.15, -0.1) is 0 Å². The van der Waals surface area contributed by atoms with Crippen LogP contribution in [0.15, 0.2) is 217 Å². The van der Waals surface area contributed by atoms with E-state index in [2.05, 4.69) is 197 Å². The second-order valence-corrected chi connectivity index (χ2v) is 16.0. The van der Waals surface area contributed by atoms with Crippen molar-refractivity contribution < 1.29 is 4.42 Å². The van der Waals surface area contributed by atoms with E-state index in [1.807, 2.05) is 24.3 Å². The third-order valence-electron chi connectivity index (χ3n) is 12.4. The lowest BCUT2D eigenvalue weighted by molar-refractivity contribution is 0.668. The smallest absolute Gasteiger partial charge is 0.166 e. The van der Waals surface area contributed by atoms with Crippen molar-refractivity contribution in [1.29, 1.82) is 0 Å². The van der Waals surface area contributed by atoms with E-state index in [1.165, 1.54) is 10.8 Å². The highest BCUT2D eigenvalue weighted by Gasteiger charge is 2.25. The molecule has 0 spiro atoms. The fourth-order valence-electron chi connectivity index (χ4n) is 9.54. The molecule has 294 valence electrons. The van der Waals surface area contributed by atoms with E-state index in [0.29, 0.717) is 17.5 Å². The van der Waals surface area contributed by atoms with Gasteiger partial charge in [0.05, 0.1) is 27.8 Å². The highest BCUT2D eigenvalue weighted by Crippen LogP contribution is 2.45. The Morgan fingerprint density at radius 3 is 1.48 bits per heavy atom. The van der Waals surface area contributed by atoms with Gasteiger partial charge in [0.15, 0.2) is 28.6 Å². The van der Waals surface area contributed by atoms with Crippen LogP contribution in [-0.2, 0) is 0 Å². The Hall–Kier alpha value is -8.61. The van der Waals surface area contributed by atoms with Crippen LogP contribution in [0.2, 0.25) is 0 Å². The van der Waals surface area contributed by atoms with Gasteiger partial charge in [0.25, 0.3) is 0 Å². The predicted octanol–water partition coefficient (Wildman–Crippen LogP) is 14.6. The Bertz CT molecular complexity index is 3830. The molecule has 0 bridgehead atoms. The molecule has 13 rings (SSSR count). The monoisotopic (exact) mass is 805 g/mol. The molecule has 0 aliphatic heterocycles. The molecule has 13 aromatic rings. The summed E-state index contributed by atoms with van der Waals surface area (Å²) in [5.74, 6) is 1.81. The molecule has 0 amide bonds. The first-order valence-electron chi connectivity index (χ1n) is 21.2. The van der Waals surface area contributed by atoms with Crippen molar-refractivity contribution in [3.05, 3.63) is 212 Å². The van der Waals surface area contributed by atoms with E-state index < -0.39 is 0 Å². The van der Waals surface area contributed by atoms with Crippen molar-refractivity contribution in [1.82, 2.24) is 24.1 Å². The zero-order chi connectivity index (χ0) is 41.4. The third-order valence-corrected chi connectivity index (χ3v) is 12.4. The van der Waals surface area contributed by atoms with Gasteiger partial charge in [-0.2, -0.15) is 0 Å². The minimum absolute atomic E-state index is 0.589. The summed E-state index contributed by atoms with van der Waals surface area (Å²) >= 11 is 0. The number of fused-ring (bicyclic) bond motifs is 10. The molecule has 6 heteroatoms. The summed E-state index contributed by atoms with van der Waals surface area (Å²) in [7, 11) is 0. The molecule has 9 aromatic carbocycles. The van der Waals surface area contributed by atoms with Crippen molar-refractivity contribution in [2.75, 3.05) is 0 Å². The Balaban J connectivity index is 1.08. The van der Waals surface area contributed by atoms with Gasteiger partial charge < -0.3 is 13.6 Å². The molecule has 0 saturated carbocycles. The molecule has 0 aliphatic carbocycles. The molecule has 0 unspecified atom stereocenters. The number of hydrogen-bond acceptors (Lipinski definition) is 4. The summed E-state index contributed by atoms with van der Waals surface area (Å²) in [4.78, 5) is 15.6. The standard InChI is InChI=1S/C57H35N5O/c1-4-16-36(17-5-1)37-30-32-39(33-31-37)56-58-55(38-18-6-2-7-19-38)59-57(60-56)47-26-14-24-43-44-34-35-46-45-25-15-29-50(62-48-27-12-10-22-41(48)42-23-11-13-28-49(42)62)53(45)63-54(46)52(44)61(51(43)47)40-20-8-3-9-21-40/h1-35H. The van der Waals surface area contributed by atoms with Gasteiger partial charge in [0.2, 0.25) is 0 Å². The molecule has 0 aliphatic rings. The predicted molar refractivity (Wildman–Crippen MR) is 258 cm³/mol. The molecule has 0 fully saturated rings. The van der Waals surface area contributed by atoms with Crippen LogP contribution in [0.1, 0.15) is 0 Å². The topological polar surface area (TPSA) is 61.7 Å². The van der Waals surface area contributed by atoms with Crippen molar-refractivity contribution in [3.8, 4) is 56.7 Å². The summed E-state index contributed by atoms with van der Waals surface area (Å²) in [5, 5.41) is 6.68. The first-order chi connectivity index (χ1) is 31.3. The summed E-state index contributed by atoms with van der Waals surface area (Å²) in [5.41, 5.74) is 12.9. The Labute approximate surface area is 361 Å². The van der Waals surface area contributed by atoms with E-state index in [1.54, 1.807) is 0 Å². The first-order valence-corrected chi connectivity index (χ1v) is 21.2. The van der Waals surface area contributed by atoms with Crippen LogP contribution >= 0.6 is 0 Å². The second kappa shape index (κ2) is 14.0. The van der Waals surface area contributed by atoms with Crippen molar-refractivity contribution >= 4 is 65.6 Å². The summed E-state index contributed by atoms with van der Waals surface area (Å²) in [6.45, 7) is 0. The highest BCUT2D eigenvalue weighted by molar-refractivity contribution is 6.24. The molecule has 0 N–H and O–H groups in total. The summed E-state index contributed by atoms with van der Waals surface area (Å²) in [6.07, 6.45) is 0. The van der Waals surface area contributed by atoms with Gasteiger partial charge in [-0.25, -0.2) is 15.0 Å². The van der Waals surface area contributed by atoms with Crippen LogP contribution in [0.4, 0.5) is 0 Å². The molecular formula is C57H35N5O. The van der Waals surface area contributed by atoms with E-state index in [4.69, 9.17) is 19.4 Å². The molecule has 6 nitrogen and oxygen atoms in total. The average molecular weight is 806 g/mol. The van der Waals surface area contributed by atoms with Gasteiger partial charge in [0.1, 0.15) is 0 Å². The van der Waals surface area contributed by atoms with E-state index in [0.717, 1.165) is 94.0 Å². The number of furan rings is 1. The highest BCUT2D eigenvalue weighted by atomic mass is 16.3. The molecule has 4 heterocycles. The van der Waals surface area contributed by atoms with E-state index in [9.17, 15) is 0 Å². The van der Waals surface area contributed by atoms with Crippen molar-refractivity contribution in [2.24, 2.45) is 0 Å². The maximum atomic E-state index is 7.27. The summed E-state index contributed by atoms with van der Waals surface area (Å²) < 4.78 is 11.9. The zero-order valence-corrected chi connectivity index (χ0v) is 33.9. The number of aromatic nitrogens is 5. The quantitative estimate of drug-likeness (QED) is 0.168. The van der Waals surface area contributed by atoms with Gasteiger partial charge in [-0.05, 0) is 53.6 Å². The largest absolute Gasteiger partial charge is 0.452 e. The Morgan fingerprint density at radius 1 is 0.302 bits per heavy atom. The van der Waals surface area contributed by atoms with Crippen LogP contribution < -0.4 is 0 Å². The van der Waals surface area contributed by atoms with Crippen LogP contribution in [0, 0.1) is 0 Å². The lowest BCUT2D eigenvalue weighted by atomic mass is 10.0. The van der Waals surface area contributed by atoms with E-state index in [-0.39, 0.29) is 0 Å². The lowest BCUT2D eigenvalue weighted by Gasteiger charge is -2.13. The molecule has 4 aromatic heterocycles. The van der Waals surface area contributed by atoms with Crippen LogP contribution in [0.3, 0.4) is 0 Å². The van der Waals surface area contributed by atoms with Crippen LogP contribution in [0.5, 0.6) is 0 Å². The second-order valence-electron chi connectivity index (χ2n) is 16.0. The number of para-hydroxylation sites is 5. The van der Waals surface area contributed by atoms with Crippen LogP contribution in [0.25, 0.3) is 122 Å². The SMILES string of the molecule is c1ccc(-c2ccc(-c3nc(-c4ccccc4)nc(-c4cccc5c6ccc7c8cccc(-n9c%10ccccc%10c%10ccccc%109)c8oc7c6n(-c6ccccc6)c45)n3)cc2)cc1. The van der Waals surface area contributed by atoms with Crippen molar-refractivity contribution in [3.63, 3.8) is 0 Å². The molecular weight excluding hydrogens is 771 g/mol. The molecule has 63 heavy (non-hydrogen) atoms. The Kier molecular flexibility index (Phi) is 7.80. The molecule has 0 saturated heterocycles. The molecule has 0 atom stereocenters. The van der Waals surface area contributed by atoms with Gasteiger partial charge in [-0.3, -0.25) is 0 Å². The van der Waals surface area contributed by atoms with Gasteiger partial charge >= 0.3 is 0 Å². The number of hydrogen-bond donors (Lipinski definition) is 0. The van der Waals surface area contributed by atoms with Gasteiger partial charge in [0, 0.05) is 54.7 Å². The van der Waals surface area contributed by atoms with E-state index >= 15 is 0 Å². The lowest BCUT2D eigenvalue weighted by Crippen LogP contribution is -2.02. The number of benzene rings is 9. The Morgan fingerprint density at radius 2 is 0.778 bits per heavy atom. The minimum Gasteiger partial charge on any atom is -0.452 e. The normalized spacial score (nSPS) is 11.8. The maximum absolute atomic E-state index is 7.27. The number of rotatable bonds is 6. The summed E-state index contributed by atoms with van der Waals surface area (Å²) in [6, 6.07) is 74.2. The zero-order valence-electron chi connectivity index (χ0n) is 33.9. The first kappa shape index (κ1) is 35.2. The number of nitrogens with zero attached hydrogens (tertiary/aromatic N) is 5. The minimum atomic E-state index is 0.589. The maximum Gasteiger partial charge on any atom is 0.166 e. The molecule has 0 radical (unpaired) electrons. The third kappa shape index (κ3) is 5.48. The fraction of sp³-hybridized carbons (Fsp3) is 0.